The van der Waals surface area contributed by atoms with Gasteiger partial charge in [-0.2, -0.15) is 0 Å². The molecule has 0 radical (unpaired) electrons. The van der Waals surface area contributed by atoms with Gasteiger partial charge in [0.1, 0.15) is 0 Å². The van der Waals surface area contributed by atoms with Gasteiger partial charge in [-0.1, -0.05) is 37.1 Å². The van der Waals surface area contributed by atoms with E-state index in [2.05, 4.69) is 5.32 Å². The lowest BCUT2D eigenvalue weighted by Crippen LogP contribution is -2.39. The van der Waals surface area contributed by atoms with Gasteiger partial charge in [0.2, 0.25) is 5.91 Å². The van der Waals surface area contributed by atoms with E-state index in [9.17, 15) is 4.79 Å². The van der Waals surface area contributed by atoms with Crippen LogP contribution in [0.5, 0.6) is 0 Å². The smallest absolute Gasteiger partial charge is 0.223 e. The van der Waals surface area contributed by atoms with E-state index in [0.717, 1.165) is 30.4 Å². The minimum atomic E-state index is 0.0274. The summed E-state index contributed by atoms with van der Waals surface area (Å²) in [5.41, 5.74) is 7.66. The minimum absolute atomic E-state index is 0.0274. The predicted octanol–water partition coefficient (Wildman–Crippen LogP) is 1.56. The summed E-state index contributed by atoms with van der Waals surface area (Å²) in [6, 6.07) is 7.65. The highest BCUT2D eigenvalue weighted by Crippen LogP contribution is 2.29. The Morgan fingerprint density at radius 1 is 1.30 bits per heavy atom. The number of hydrogen-bond donors (Lipinski definition) is 3. The molecule has 1 fully saturated rings. The molecule has 1 aliphatic carbocycles. The molecule has 0 spiro atoms. The molecule has 4 nitrogen and oxygen atoms in total. The molecular weight excluding hydrogens is 252 g/mol. The van der Waals surface area contributed by atoms with E-state index in [1.165, 1.54) is 6.42 Å². The van der Waals surface area contributed by atoms with Gasteiger partial charge in [0, 0.05) is 12.5 Å². The van der Waals surface area contributed by atoms with Crippen molar-refractivity contribution in [3.05, 3.63) is 35.4 Å². The lowest BCUT2D eigenvalue weighted by atomic mass is 9.79. The van der Waals surface area contributed by atoms with Gasteiger partial charge in [-0.05, 0) is 36.4 Å². The first kappa shape index (κ1) is 15.0. The maximum absolute atomic E-state index is 12.3. The molecule has 1 amide bonds. The van der Waals surface area contributed by atoms with Crippen molar-refractivity contribution in [2.45, 2.75) is 38.8 Å². The number of rotatable bonds is 5. The van der Waals surface area contributed by atoms with E-state index in [1.54, 1.807) is 0 Å². The molecule has 20 heavy (non-hydrogen) atoms. The highest BCUT2D eigenvalue weighted by Gasteiger charge is 2.29. The van der Waals surface area contributed by atoms with Crippen molar-refractivity contribution in [3.8, 4) is 0 Å². The average Bonchev–Trinajstić information content (AvgIpc) is 2.52. The van der Waals surface area contributed by atoms with E-state index in [-0.39, 0.29) is 18.4 Å². The fraction of sp³-hybridized carbons (Fsp3) is 0.562. The maximum Gasteiger partial charge on any atom is 0.223 e. The highest BCUT2D eigenvalue weighted by atomic mass is 16.3. The number of carbonyl (C=O) groups excluding carboxylic acids is 1. The molecule has 0 bridgehead atoms. The normalized spacial score (nSPS) is 22.5. The van der Waals surface area contributed by atoms with E-state index in [1.807, 2.05) is 24.3 Å². The van der Waals surface area contributed by atoms with E-state index < -0.39 is 0 Å². The highest BCUT2D eigenvalue weighted by molar-refractivity contribution is 5.79. The number of aliphatic hydroxyl groups is 1. The van der Waals surface area contributed by atoms with Gasteiger partial charge in [0.05, 0.1) is 6.61 Å². The van der Waals surface area contributed by atoms with Gasteiger partial charge in [0.15, 0.2) is 0 Å². The summed E-state index contributed by atoms with van der Waals surface area (Å²) < 4.78 is 0. The monoisotopic (exact) mass is 276 g/mol. The van der Waals surface area contributed by atoms with Crippen molar-refractivity contribution in [2.75, 3.05) is 6.54 Å². The van der Waals surface area contributed by atoms with Crippen molar-refractivity contribution < 1.29 is 9.90 Å². The maximum atomic E-state index is 12.3. The van der Waals surface area contributed by atoms with Gasteiger partial charge in [-0.25, -0.2) is 0 Å². The predicted molar refractivity (Wildman–Crippen MR) is 78.7 cm³/mol. The number of amides is 1. The second-order valence-electron chi connectivity index (χ2n) is 5.58. The lowest BCUT2D eigenvalue weighted by molar-refractivity contribution is -0.127. The first-order chi connectivity index (χ1) is 9.74. The minimum Gasteiger partial charge on any atom is -0.392 e. The molecule has 4 heteroatoms. The van der Waals surface area contributed by atoms with Crippen LogP contribution in [-0.4, -0.2) is 17.6 Å². The summed E-state index contributed by atoms with van der Waals surface area (Å²) in [6.45, 7) is 1.14. The summed E-state index contributed by atoms with van der Waals surface area (Å²) in [4.78, 5) is 12.3. The molecule has 2 rings (SSSR count). The van der Waals surface area contributed by atoms with Crippen LogP contribution in [0, 0.1) is 11.8 Å². The van der Waals surface area contributed by atoms with Crippen molar-refractivity contribution in [3.63, 3.8) is 0 Å². The number of nitrogens with two attached hydrogens (primary N) is 1. The molecule has 0 aromatic heterocycles. The lowest BCUT2D eigenvalue weighted by Gasteiger charge is -2.29. The summed E-state index contributed by atoms with van der Waals surface area (Å²) >= 11 is 0. The summed E-state index contributed by atoms with van der Waals surface area (Å²) in [5, 5.41) is 12.1. The molecular formula is C16H24N2O2. The van der Waals surface area contributed by atoms with Crippen LogP contribution < -0.4 is 11.1 Å². The third-order valence-corrected chi connectivity index (χ3v) is 4.19. The van der Waals surface area contributed by atoms with E-state index in [4.69, 9.17) is 10.8 Å². The zero-order valence-corrected chi connectivity index (χ0v) is 11.8. The van der Waals surface area contributed by atoms with E-state index in [0.29, 0.717) is 19.0 Å². The van der Waals surface area contributed by atoms with Crippen LogP contribution in [0.2, 0.25) is 0 Å². The molecule has 4 N–H and O–H groups in total. The van der Waals surface area contributed by atoms with Crippen molar-refractivity contribution in [1.29, 1.82) is 0 Å². The van der Waals surface area contributed by atoms with Gasteiger partial charge in [-0.15, -0.1) is 0 Å². The quantitative estimate of drug-likeness (QED) is 0.764. The van der Waals surface area contributed by atoms with Crippen LogP contribution in [0.4, 0.5) is 0 Å². The SMILES string of the molecule is NCC1CCCCC1C(=O)NCc1cccc(CO)c1. The average molecular weight is 276 g/mol. The molecule has 2 atom stereocenters. The van der Waals surface area contributed by atoms with Gasteiger partial charge in [-0.3, -0.25) is 4.79 Å². The summed E-state index contributed by atoms with van der Waals surface area (Å²) in [5.74, 6) is 0.511. The first-order valence-corrected chi connectivity index (χ1v) is 7.41. The van der Waals surface area contributed by atoms with Crippen molar-refractivity contribution >= 4 is 5.91 Å². The molecule has 1 aromatic carbocycles. The van der Waals surface area contributed by atoms with Crippen molar-refractivity contribution in [2.24, 2.45) is 17.6 Å². The molecule has 1 aromatic rings. The van der Waals surface area contributed by atoms with Gasteiger partial charge in [0.25, 0.3) is 0 Å². The third-order valence-electron chi connectivity index (χ3n) is 4.19. The Labute approximate surface area is 120 Å². The zero-order valence-electron chi connectivity index (χ0n) is 11.8. The van der Waals surface area contributed by atoms with Gasteiger partial charge < -0.3 is 16.2 Å². The van der Waals surface area contributed by atoms with Gasteiger partial charge >= 0.3 is 0 Å². The largest absolute Gasteiger partial charge is 0.392 e. The molecule has 1 saturated carbocycles. The second-order valence-corrected chi connectivity index (χ2v) is 5.58. The van der Waals surface area contributed by atoms with Crippen molar-refractivity contribution in [1.82, 2.24) is 5.32 Å². The molecule has 0 saturated heterocycles. The number of benzene rings is 1. The molecule has 2 unspecified atom stereocenters. The van der Waals surface area contributed by atoms with Crippen LogP contribution in [-0.2, 0) is 17.9 Å². The Balaban J connectivity index is 1.90. The second kappa shape index (κ2) is 7.41. The number of hydrogen-bond acceptors (Lipinski definition) is 3. The molecule has 110 valence electrons. The number of carbonyl (C=O) groups is 1. The Morgan fingerprint density at radius 2 is 2.05 bits per heavy atom. The first-order valence-electron chi connectivity index (χ1n) is 7.41. The Kier molecular flexibility index (Phi) is 5.56. The molecule has 0 aliphatic heterocycles. The standard InChI is InChI=1S/C16H24N2O2/c17-9-14-6-1-2-7-15(14)16(20)18-10-12-4-3-5-13(8-12)11-19/h3-5,8,14-15,19H,1-2,6-7,9-11,17H2,(H,18,20). The third kappa shape index (κ3) is 3.81. The van der Waals surface area contributed by atoms with Crippen LogP contribution in [0.15, 0.2) is 24.3 Å². The topological polar surface area (TPSA) is 75.4 Å². The Morgan fingerprint density at radius 3 is 2.80 bits per heavy atom. The fourth-order valence-corrected chi connectivity index (χ4v) is 2.99. The Bertz CT molecular complexity index is 448. The van der Waals surface area contributed by atoms with Crippen LogP contribution >= 0.6 is 0 Å². The van der Waals surface area contributed by atoms with Crippen LogP contribution in [0.3, 0.4) is 0 Å². The molecule has 0 heterocycles. The summed E-state index contributed by atoms with van der Waals surface area (Å²) in [7, 11) is 0. The Hall–Kier alpha value is -1.39. The number of aliphatic hydroxyl groups excluding tert-OH is 1. The fourth-order valence-electron chi connectivity index (χ4n) is 2.99. The van der Waals surface area contributed by atoms with E-state index >= 15 is 0 Å². The van der Waals surface area contributed by atoms with Crippen LogP contribution in [0.1, 0.15) is 36.8 Å². The number of nitrogens with one attached hydrogen (secondary N) is 1. The molecule has 1 aliphatic rings. The zero-order chi connectivity index (χ0) is 14.4. The van der Waals surface area contributed by atoms with Crippen LogP contribution in [0.25, 0.3) is 0 Å². The summed E-state index contributed by atoms with van der Waals surface area (Å²) in [6.07, 6.45) is 4.32.